The highest BCUT2D eigenvalue weighted by molar-refractivity contribution is 6.30. The number of hydrogen-bond donors (Lipinski definition) is 2. The van der Waals surface area contributed by atoms with Crippen LogP contribution in [0.5, 0.6) is 0 Å². The lowest BCUT2D eigenvalue weighted by Gasteiger charge is -2.14. The molecule has 0 radical (unpaired) electrons. The summed E-state index contributed by atoms with van der Waals surface area (Å²) in [5.41, 5.74) is 4.76. The number of hydrogen-bond acceptors (Lipinski definition) is 3. The molecule has 0 aliphatic rings. The molecule has 2 aromatic rings. The maximum atomic E-state index is 12.9. The number of nitrogen functional groups attached to an aromatic ring is 1. The molecule has 0 aliphatic heterocycles. The SMILES string of the molecule is Nc1cc(Cl)nc(Nc2ccc(Cl)cc2C(F)(F)F)c1. The van der Waals surface area contributed by atoms with E-state index < -0.39 is 11.7 Å². The van der Waals surface area contributed by atoms with Gasteiger partial charge in [0.05, 0.1) is 11.3 Å². The molecule has 0 saturated carbocycles. The van der Waals surface area contributed by atoms with Gasteiger partial charge in [-0.1, -0.05) is 23.2 Å². The zero-order valence-corrected chi connectivity index (χ0v) is 11.3. The van der Waals surface area contributed by atoms with Crippen molar-refractivity contribution in [2.24, 2.45) is 0 Å². The minimum atomic E-state index is -4.54. The van der Waals surface area contributed by atoms with Gasteiger partial charge in [0.25, 0.3) is 0 Å². The predicted molar refractivity (Wildman–Crippen MR) is 73.4 cm³/mol. The van der Waals surface area contributed by atoms with Crippen molar-refractivity contribution in [2.75, 3.05) is 11.1 Å². The molecule has 1 aromatic carbocycles. The number of alkyl halides is 3. The third-order valence-electron chi connectivity index (χ3n) is 2.37. The summed E-state index contributed by atoms with van der Waals surface area (Å²) in [5.74, 6) is 0.114. The molecular weight excluding hydrogens is 314 g/mol. The Morgan fingerprint density at radius 1 is 1.10 bits per heavy atom. The number of pyridine rings is 1. The largest absolute Gasteiger partial charge is 0.418 e. The topological polar surface area (TPSA) is 50.9 Å². The molecule has 3 nitrogen and oxygen atoms in total. The summed E-state index contributed by atoms with van der Waals surface area (Å²) < 4.78 is 38.8. The molecule has 0 saturated heterocycles. The second kappa shape index (κ2) is 5.38. The Morgan fingerprint density at radius 3 is 2.40 bits per heavy atom. The van der Waals surface area contributed by atoms with Gasteiger partial charge in [-0.2, -0.15) is 13.2 Å². The Bertz CT molecular complexity index is 624. The van der Waals surface area contributed by atoms with Gasteiger partial charge >= 0.3 is 6.18 Å². The van der Waals surface area contributed by atoms with Gasteiger partial charge in [-0.3, -0.25) is 0 Å². The van der Waals surface area contributed by atoms with Crippen LogP contribution in [-0.4, -0.2) is 4.98 Å². The van der Waals surface area contributed by atoms with Crippen LogP contribution in [0, 0.1) is 0 Å². The number of nitrogens with two attached hydrogens (primary N) is 1. The van der Waals surface area contributed by atoms with E-state index in [-0.39, 0.29) is 27.4 Å². The Kier molecular flexibility index (Phi) is 3.96. The molecule has 0 fully saturated rings. The highest BCUT2D eigenvalue weighted by atomic mass is 35.5. The molecule has 0 unspecified atom stereocenters. The average molecular weight is 322 g/mol. The van der Waals surface area contributed by atoms with Gasteiger partial charge < -0.3 is 11.1 Å². The third-order valence-corrected chi connectivity index (χ3v) is 2.79. The molecule has 20 heavy (non-hydrogen) atoms. The maximum absolute atomic E-state index is 12.9. The predicted octanol–water partition coefficient (Wildman–Crippen LogP) is 4.73. The molecule has 0 atom stereocenters. The van der Waals surface area contributed by atoms with Crippen molar-refractivity contribution < 1.29 is 13.2 Å². The number of nitrogens with zero attached hydrogens (tertiary/aromatic N) is 1. The molecule has 1 heterocycles. The van der Waals surface area contributed by atoms with E-state index in [1.54, 1.807) is 0 Å². The highest BCUT2D eigenvalue weighted by Gasteiger charge is 2.33. The number of benzene rings is 1. The van der Waals surface area contributed by atoms with Crippen molar-refractivity contribution in [3.05, 3.63) is 46.1 Å². The van der Waals surface area contributed by atoms with E-state index in [4.69, 9.17) is 28.9 Å². The first-order chi connectivity index (χ1) is 9.25. The third kappa shape index (κ3) is 3.46. The first kappa shape index (κ1) is 14.7. The van der Waals surface area contributed by atoms with Crippen molar-refractivity contribution in [3.63, 3.8) is 0 Å². The van der Waals surface area contributed by atoms with Crippen LogP contribution in [0.1, 0.15) is 5.56 Å². The molecule has 0 amide bonds. The second-order valence-corrected chi connectivity index (χ2v) is 4.74. The first-order valence-electron chi connectivity index (χ1n) is 5.32. The molecule has 3 N–H and O–H groups in total. The van der Waals surface area contributed by atoms with Crippen LogP contribution in [0.2, 0.25) is 10.2 Å². The van der Waals surface area contributed by atoms with Gasteiger partial charge in [0, 0.05) is 16.8 Å². The smallest absolute Gasteiger partial charge is 0.399 e. The van der Waals surface area contributed by atoms with Crippen LogP contribution in [0.4, 0.5) is 30.4 Å². The van der Waals surface area contributed by atoms with Crippen LogP contribution in [0.3, 0.4) is 0 Å². The zero-order valence-electron chi connectivity index (χ0n) is 9.80. The summed E-state index contributed by atoms with van der Waals surface area (Å²) in [6.07, 6.45) is -4.54. The van der Waals surface area contributed by atoms with Crippen molar-refractivity contribution in [1.29, 1.82) is 0 Å². The van der Waals surface area contributed by atoms with Crippen molar-refractivity contribution >= 4 is 40.4 Å². The van der Waals surface area contributed by atoms with Gasteiger partial charge in [-0.05, 0) is 24.3 Å². The lowest BCUT2D eigenvalue weighted by atomic mass is 10.1. The lowest BCUT2D eigenvalue weighted by molar-refractivity contribution is -0.136. The van der Waals surface area contributed by atoms with Gasteiger partial charge in [0.1, 0.15) is 11.0 Å². The molecule has 0 bridgehead atoms. The Morgan fingerprint density at radius 2 is 1.80 bits per heavy atom. The van der Waals surface area contributed by atoms with E-state index in [2.05, 4.69) is 10.3 Å². The average Bonchev–Trinajstić information content (AvgIpc) is 2.28. The van der Waals surface area contributed by atoms with E-state index in [1.807, 2.05) is 0 Å². The molecule has 8 heteroatoms. The maximum Gasteiger partial charge on any atom is 0.418 e. The summed E-state index contributed by atoms with van der Waals surface area (Å²) in [6, 6.07) is 6.15. The molecule has 106 valence electrons. The number of aromatic nitrogens is 1. The van der Waals surface area contributed by atoms with E-state index in [9.17, 15) is 13.2 Å². The summed E-state index contributed by atoms with van der Waals surface area (Å²) in [6.45, 7) is 0. The fourth-order valence-corrected chi connectivity index (χ4v) is 1.97. The number of nitrogens with one attached hydrogen (secondary N) is 1. The van der Waals surface area contributed by atoms with E-state index >= 15 is 0 Å². The molecular formula is C12H8Cl2F3N3. The van der Waals surface area contributed by atoms with Crippen LogP contribution >= 0.6 is 23.2 Å². The van der Waals surface area contributed by atoms with Gasteiger partial charge in [-0.25, -0.2) is 4.98 Å². The van der Waals surface area contributed by atoms with E-state index in [1.165, 1.54) is 24.3 Å². The number of anilines is 3. The summed E-state index contributed by atoms with van der Waals surface area (Å²) >= 11 is 11.3. The number of rotatable bonds is 2. The standard InChI is InChI=1S/C12H8Cl2F3N3/c13-6-1-2-9(8(3-6)12(15,16)17)19-11-5-7(18)4-10(14)20-11/h1-5H,(H3,18,19,20). The first-order valence-corrected chi connectivity index (χ1v) is 6.08. The van der Waals surface area contributed by atoms with Crippen molar-refractivity contribution in [2.45, 2.75) is 6.18 Å². The fourth-order valence-electron chi connectivity index (χ4n) is 1.58. The summed E-state index contributed by atoms with van der Waals surface area (Å²) in [7, 11) is 0. The lowest BCUT2D eigenvalue weighted by Crippen LogP contribution is -2.09. The zero-order chi connectivity index (χ0) is 14.9. The van der Waals surface area contributed by atoms with Crippen LogP contribution in [-0.2, 0) is 6.18 Å². The van der Waals surface area contributed by atoms with Crippen molar-refractivity contribution in [1.82, 2.24) is 4.98 Å². The van der Waals surface area contributed by atoms with Crippen molar-refractivity contribution in [3.8, 4) is 0 Å². The monoisotopic (exact) mass is 321 g/mol. The summed E-state index contributed by atoms with van der Waals surface area (Å²) in [4.78, 5) is 3.85. The Balaban J connectivity index is 2.43. The molecule has 0 aliphatic carbocycles. The number of halogens is 5. The van der Waals surface area contributed by atoms with Gasteiger partial charge in [0.15, 0.2) is 0 Å². The Labute approximate surface area is 122 Å². The van der Waals surface area contributed by atoms with Crippen LogP contribution < -0.4 is 11.1 Å². The normalized spacial score (nSPS) is 11.4. The molecule has 0 spiro atoms. The van der Waals surface area contributed by atoms with Gasteiger partial charge in [-0.15, -0.1) is 0 Å². The Hall–Kier alpha value is -1.66. The molecule has 2 rings (SSSR count). The minimum Gasteiger partial charge on any atom is -0.399 e. The van der Waals surface area contributed by atoms with Gasteiger partial charge in [0.2, 0.25) is 0 Å². The van der Waals surface area contributed by atoms with E-state index in [0.29, 0.717) is 0 Å². The minimum absolute atomic E-state index is 0.0126. The highest BCUT2D eigenvalue weighted by Crippen LogP contribution is 2.37. The summed E-state index contributed by atoms with van der Waals surface area (Å²) in [5, 5.41) is 2.60. The second-order valence-electron chi connectivity index (χ2n) is 3.92. The molecule has 1 aromatic heterocycles. The van der Waals surface area contributed by atoms with Crippen LogP contribution in [0.15, 0.2) is 30.3 Å². The fraction of sp³-hybridized carbons (Fsp3) is 0.0833. The quantitative estimate of drug-likeness (QED) is 0.786. The van der Waals surface area contributed by atoms with E-state index in [0.717, 1.165) is 6.07 Å². The van der Waals surface area contributed by atoms with Crippen LogP contribution in [0.25, 0.3) is 0 Å².